The Labute approximate surface area is 166 Å². The van der Waals surface area contributed by atoms with E-state index in [9.17, 15) is 13.2 Å². The average Bonchev–Trinajstić information content (AvgIpc) is 2.65. The molecule has 0 unspecified atom stereocenters. The summed E-state index contributed by atoms with van der Waals surface area (Å²) < 4.78 is 26.0. The molecule has 1 amide bonds. The van der Waals surface area contributed by atoms with Gasteiger partial charge in [-0.05, 0) is 61.4 Å². The lowest BCUT2D eigenvalue weighted by molar-refractivity contribution is 0.102. The zero-order chi connectivity index (χ0) is 19.6. The van der Waals surface area contributed by atoms with E-state index in [0.29, 0.717) is 0 Å². The molecule has 0 aliphatic carbocycles. The molecule has 1 heterocycles. The minimum atomic E-state index is -3.73. The standard InChI is InChI=1S/C20H17BrN2O3S/c1-13-4-3-5-14(2)19(13)23-20(24)15-6-11-18(22-12-15)27(25,26)17-9-7-16(21)8-10-17/h3-12H,1-2H3,(H,23,24). The molecule has 5 nitrogen and oxygen atoms in total. The summed E-state index contributed by atoms with van der Waals surface area (Å²) in [4.78, 5) is 16.6. The van der Waals surface area contributed by atoms with Crippen molar-refractivity contribution in [2.24, 2.45) is 0 Å². The van der Waals surface area contributed by atoms with Crippen LogP contribution in [-0.2, 0) is 9.84 Å². The number of hydrogen-bond acceptors (Lipinski definition) is 4. The molecule has 1 aromatic heterocycles. The van der Waals surface area contributed by atoms with Gasteiger partial charge in [0.05, 0.1) is 10.5 Å². The van der Waals surface area contributed by atoms with Crippen LogP contribution in [0.2, 0.25) is 0 Å². The third-order valence-electron chi connectivity index (χ3n) is 4.12. The van der Waals surface area contributed by atoms with Crippen LogP contribution in [0.1, 0.15) is 21.5 Å². The average molecular weight is 445 g/mol. The molecule has 0 radical (unpaired) electrons. The van der Waals surface area contributed by atoms with Crippen LogP contribution in [0.5, 0.6) is 0 Å². The monoisotopic (exact) mass is 444 g/mol. The molecule has 2 aromatic carbocycles. The van der Waals surface area contributed by atoms with Gasteiger partial charge in [-0.3, -0.25) is 4.79 Å². The number of hydrogen-bond donors (Lipinski definition) is 1. The Kier molecular flexibility index (Phi) is 5.43. The number of carbonyl (C=O) groups is 1. The number of aryl methyl sites for hydroxylation is 2. The molecule has 1 N–H and O–H groups in total. The van der Waals surface area contributed by atoms with Crippen molar-refractivity contribution < 1.29 is 13.2 Å². The highest BCUT2D eigenvalue weighted by Gasteiger charge is 2.20. The largest absolute Gasteiger partial charge is 0.321 e. The van der Waals surface area contributed by atoms with Crippen LogP contribution < -0.4 is 5.32 Å². The number of aromatic nitrogens is 1. The normalized spacial score (nSPS) is 11.2. The Morgan fingerprint density at radius 1 is 0.963 bits per heavy atom. The fraction of sp³-hybridized carbons (Fsp3) is 0.100. The summed E-state index contributed by atoms with van der Waals surface area (Å²) in [6.45, 7) is 3.82. The molecule has 7 heteroatoms. The van der Waals surface area contributed by atoms with E-state index in [0.717, 1.165) is 21.3 Å². The van der Waals surface area contributed by atoms with Crippen LogP contribution in [0, 0.1) is 13.8 Å². The van der Waals surface area contributed by atoms with Gasteiger partial charge in [0.15, 0.2) is 5.03 Å². The van der Waals surface area contributed by atoms with E-state index < -0.39 is 9.84 Å². The highest BCUT2D eigenvalue weighted by molar-refractivity contribution is 9.10. The summed E-state index contributed by atoms with van der Waals surface area (Å²) in [7, 11) is -3.73. The molecule has 3 aromatic rings. The first-order chi connectivity index (χ1) is 12.8. The lowest BCUT2D eigenvalue weighted by Crippen LogP contribution is -2.14. The minimum absolute atomic E-state index is 0.103. The zero-order valence-electron chi connectivity index (χ0n) is 14.7. The van der Waals surface area contributed by atoms with Crippen molar-refractivity contribution in [3.8, 4) is 0 Å². The highest BCUT2D eigenvalue weighted by Crippen LogP contribution is 2.23. The van der Waals surface area contributed by atoms with Gasteiger partial charge in [0.25, 0.3) is 5.91 Å². The van der Waals surface area contributed by atoms with Gasteiger partial charge in [0.2, 0.25) is 9.84 Å². The van der Waals surface area contributed by atoms with E-state index >= 15 is 0 Å². The zero-order valence-corrected chi connectivity index (χ0v) is 17.1. The van der Waals surface area contributed by atoms with Gasteiger partial charge < -0.3 is 5.32 Å². The summed E-state index contributed by atoms with van der Waals surface area (Å²) in [5.41, 5.74) is 2.93. The number of amides is 1. The van der Waals surface area contributed by atoms with Crippen LogP contribution in [0.15, 0.2) is 75.2 Å². The minimum Gasteiger partial charge on any atom is -0.321 e. The van der Waals surface area contributed by atoms with Crippen LogP contribution in [0.3, 0.4) is 0 Å². The number of para-hydroxylation sites is 1. The fourth-order valence-corrected chi connectivity index (χ4v) is 4.04. The lowest BCUT2D eigenvalue weighted by Gasteiger charge is -2.11. The Morgan fingerprint density at radius 2 is 1.59 bits per heavy atom. The number of pyridine rings is 1. The summed E-state index contributed by atoms with van der Waals surface area (Å²) in [6, 6.07) is 14.9. The second-order valence-electron chi connectivity index (χ2n) is 6.06. The van der Waals surface area contributed by atoms with Crippen LogP contribution in [0.25, 0.3) is 0 Å². The van der Waals surface area contributed by atoms with Gasteiger partial charge in [-0.1, -0.05) is 34.1 Å². The smallest absolute Gasteiger partial charge is 0.257 e. The number of anilines is 1. The van der Waals surface area contributed by atoms with Crippen molar-refractivity contribution in [1.82, 2.24) is 4.98 Å². The van der Waals surface area contributed by atoms with E-state index in [1.54, 1.807) is 12.1 Å². The fourth-order valence-electron chi connectivity index (χ4n) is 2.61. The maximum absolute atomic E-state index is 12.6. The van der Waals surface area contributed by atoms with Gasteiger partial charge in [0, 0.05) is 16.4 Å². The van der Waals surface area contributed by atoms with Crippen molar-refractivity contribution in [2.45, 2.75) is 23.8 Å². The van der Waals surface area contributed by atoms with Gasteiger partial charge in [0.1, 0.15) is 0 Å². The number of nitrogens with zero attached hydrogens (tertiary/aromatic N) is 1. The summed E-state index contributed by atoms with van der Waals surface area (Å²) >= 11 is 3.28. The summed E-state index contributed by atoms with van der Waals surface area (Å²) in [5, 5.41) is 2.75. The van der Waals surface area contributed by atoms with E-state index in [1.165, 1.54) is 30.5 Å². The third-order valence-corrected chi connectivity index (χ3v) is 6.33. The molecule has 3 rings (SSSR count). The van der Waals surface area contributed by atoms with E-state index in [-0.39, 0.29) is 21.4 Å². The van der Waals surface area contributed by atoms with Crippen LogP contribution in [-0.4, -0.2) is 19.3 Å². The highest BCUT2D eigenvalue weighted by atomic mass is 79.9. The second-order valence-corrected chi connectivity index (χ2v) is 8.88. The first-order valence-corrected chi connectivity index (χ1v) is 10.4. The predicted octanol–water partition coefficient (Wildman–Crippen LogP) is 4.55. The number of sulfone groups is 1. The molecule has 27 heavy (non-hydrogen) atoms. The maximum atomic E-state index is 12.6. The quantitative estimate of drug-likeness (QED) is 0.640. The Bertz CT molecular complexity index is 1070. The predicted molar refractivity (Wildman–Crippen MR) is 108 cm³/mol. The molecule has 0 spiro atoms. The number of benzene rings is 2. The molecular formula is C20H17BrN2O3S. The van der Waals surface area contributed by atoms with Crippen LogP contribution >= 0.6 is 15.9 Å². The van der Waals surface area contributed by atoms with E-state index in [4.69, 9.17) is 0 Å². The molecule has 0 aliphatic heterocycles. The van der Waals surface area contributed by atoms with Gasteiger partial charge in [-0.15, -0.1) is 0 Å². The first kappa shape index (κ1) is 19.3. The topological polar surface area (TPSA) is 76.1 Å². The lowest BCUT2D eigenvalue weighted by atomic mass is 10.1. The molecule has 0 aliphatic rings. The van der Waals surface area contributed by atoms with E-state index in [1.807, 2.05) is 32.0 Å². The van der Waals surface area contributed by atoms with Gasteiger partial charge in [-0.25, -0.2) is 13.4 Å². The van der Waals surface area contributed by atoms with Crippen molar-refractivity contribution in [1.29, 1.82) is 0 Å². The molecule has 0 saturated heterocycles. The Morgan fingerprint density at radius 3 is 2.15 bits per heavy atom. The van der Waals surface area contributed by atoms with Crippen molar-refractivity contribution in [3.05, 3.63) is 82.0 Å². The molecular weight excluding hydrogens is 428 g/mol. The SMILES string of the molecule is Cc1cccc(C)c1NC(=O)c1ccc(S(=O)(=O)c2ccc(Br)cc2)nc1. The number of halogens is 1. The van der Waals surface area contributed by atoms with Crippen molar-refractivity contribution in [2.75, 3.05) is 5.32 Å². The molecule has 0 atom stereocenters. The first-order valence-electron chi connectivity index (χ1n) is 8.13. The third kappa shape index (κ3) is 4.09. The van der Waals surface area contributed by atoms with Crippen molar-refractivity contribution in [3.63, 3.8) is 0 Å². The molecule has 138 valence electrons. The van der Waals surface area contributed by atoms with Crippen LogP contribution in [0.4, 0.5) is 5.69 Å². The summed E-state index contributed by atoms with van der Waals surface area (Å²) in [5.74, 6) is -0.340. The number of rotatable bonds is 4. The summed E-state index contributed by atoms with van der Waals surface area (Å²) in [6.07, 6.45) is 1.27. The second kappa shape index (κ2) is 7.62. The van der Waals surface area contributed by atoms with Gasteiger partial charge in [-0.2, -0.15) is 0 Å². The molecule has 0 saturated carbocycles. The number of nitrogens with one attached hydrogen (secondary N) is 1. The molecule has 0 fully saturated rings. The number of carbonyl (C=O) groups excluding carboxylic acids is 1. The van der Waals surface area contributed by atoms with Gasteiger partial charge >= 0.3 is 0 Å². The Hall–Kier alpha value is -2.51. The maximum Gasteiger partial charge on any atom is 0.257 e. The molecule has 0 bridgehead atoms. The van der Waals surface area contributed by atoms with E-state index in [2.05, 4.69) is 26.2 Å². The Balaban J connectivity index is 1.84. The van der Waals surface area contributed by atoms with Crippen molar-refractivity contribution >= 4 is 37.4 Å².